The van der Waals surface area contributed by atoms with Crippen LogP contribution in [0.2, 0.25) is 0 Å². The predicted octanol–water partition coefficient (Wildman–Crippen LogP) is 1.32. The van der Waals surface area contributed by atoms with Crippen molar-refractivity contribution < 1.29 is 14.7 Å². The number of carbonyl (C=O) groups excluding carboxylic acids is 1. The fourth-order valence-electron chi connectivity index (χ4n) is 1.83. The molecule has 0 fully saturated rings. The van der Waals surface area contributed by atoms with E-state index in [0.717, 1.165) is 4.47 Å². The zero-order chi connectivity index (χ0) is 15.6. The molecule has 1 heterocycles. The number of halogens is 1. The Balaban J connectivity index is 2.25. The summed E-state index contributed by atoms with van der Waals surface area (Å²) >= 11 is 3.24. The third-order valence-corrected chi connectivity index (χ3v) is 3.33. The Hall–Kier alpha value is -2.35. The number of nitrogens with one attached hydrogen (secondary N) is 1. The fraction of sp³-hybridized carbons (Fsp3) is 0.154. The maximum atomic E-state index is 12.2. The van der Waals surface area contributed by atoms with E-state index in [2.05, 4.69) is 26.3 Å². The second-order valence-corrected chi connectivity index (χ2v) is 5.34. The molecule has 2 rings (SSSR count). The Morgan fingerprint density at radius 1 is 1.48 bits per heavy atom. The zero-order valence-corrected chi connectivity index (χ0v) is 12.7. The van der Waals surface area contributed by atoms with Gasteiger partial charge in [0.2, 0.25) is 0 Å². The van der Waals surface area contributed by atoms with Crippen LogP contribution in [0.15, 0.2) is 35.1 Å². The van der Waals surface area contributed by atoms with E-state index >= 15 is 0 Å². The first-order valence-electron chi connectivity index (χ1n) is 5.95. The number of aliphatic carboxylic acids is 1. The Kier molecular flexibility index (Phi) is 4.27. The van der Waals surface area contributed by atoms with Crippen LogP contribution in [-0.2, 0) is 11.8 Å². The average Bonchev–Trinajstić information content (AvgIpc) is 2.81. The number of aryl methyl sites for hydroxylation is 1. The van der Waals surface area contributed by atoms with Crippen LogP contribution in [0.4, 0.5) is 5.69 Å². The van der Waals surface area contributed by atoms with Gasteiger partial charge in [0.15, 0.2) is 6.04 Å². The number of amides is 1. The minimum Gasteiger partial charge on any atom is -0.479 e. The van der Waals surface area contributed by atoms with Gasteiger partial charge in [0.1, 0.15) is 0 Å². The first kappa shape index (κ1) is 15.0. The van der Waals surface area contributed by atoms with Gasteiger partial charge >= 0.3 is 5.97 Å². The van der Waals surface area contributed by atoms with Crippen LogP contribution in [0.1, 0.15) is 22.0 Å². The summed E-state index contributed by atoms with van der Waals surface area (Å²) in [6.07, 6.45) is 2.92. The number of nitrogens with two attached hydrogens (primary N) is 1. The molecule has 8 heteroatoms. The third-order valence-electron chi connectivity index (χ3n) is 2.84. The van der Waals surface area contributed by atoms with Crippen LogP contribution in [0, 0.1) is 0 Å². The van der Waals surface area contributed by atoms with Crippen molar-refractivity contribution in [2.75, 3.05) is 5.73 Å². The number of benzene rings is 1. The molecule has 2 aromatic rings. The summed E-state index contributed by atoms with van der Waals surface area (Å²) in [6.45, 7) is 0. The molecule has 0 aliphatic heterocycles. The van der Waals surface area contributed by atoms with Gasteiger partial charge in [-0.25, -0.2) is 4.79 Å². The lowest BCUT2D eigenvalue weighted by Crippen LogP contribution is -2.34. The first-order chi connectivity index (χ1) is 9.88. The van der Waals surface area contributed by atoms with Crippen molar-refractivity contribution in [2.24, 2.45) is 7.05 Å². The van der Waals surface area contributed by atoms with E-state index in [9.17, 15) is 14.7 Å². The SMILES string of the molecule is Cn1cc(C(NC(=O)c2ccc(Br)cc2N)C(=O)O)cn1. The van der Waals surface area contributed by atoms with Crippen molar-refractivity contribution >= 4 is 33.5 Å². The highest BCUT2D eigenvalue weighted by molar-refractivity contribution is 9.10. The molecule has 1 aromatic carbocycles. The maximum absolute atomic E-state index is 12.2. The number of hydrogen-bond acceptors (Lipinski definition) is 4. The second kappa shape index (κ2) is 5.96. The number of carbonyl (C=O) groups is 2. The van der Waals surface area contributed by atoms with Gasteiger partial charge in [-0.15, -0.1) is 0 Å². The summed E-state index contributed by atoms with van der Waals surface area (Å²) in [5.74, 6) is -1.73. The van der Waals surface area contributed by atoms with Gasteiger partial charge in [-0.2, -0.15) is 5.10 Å². The zero-order valence-electron chi connectivity index (χ0n) is 11.1. The van der Waals surface area contributed by atoms with Crippen molar-refractivity contribution in [1.82, 2.24) is 15.1 Å². The molecule has 4 N–H and O–H groups in total. The van der Waals surface area contributed by atoms with Gasteiger partial charge in [-0.05, 0) is 18.2 Å². The number of nitrogens with zero attached hydrogens (tertiary/aromatic N) is 2. The van der Waals surface area contributed by atoms with Gasteiger partial charge in [0.25, 0.3) is 5.91 Å². The number of carboxylic acid groups (broad SMARTS) is 1. The highest BCUT2D eigenvalue weighted by Gasteiger charge is 2.24. The van der Waals surface area contributed by atoms with Crippen LogP contribution >= 0.6 is 15.9 Å². The highest BCUT2D eigenvalue weighted by Crippen LogP contribution is 2.20. The number of aromatic nitrogens is 2. The molecule has 1 aromatic heterocycles. The lowest BCUT2D eigenvalue weighted by atomic mass is 10.1. The minimum atomic E-state index is -1.19. The average molecular weight is 353 g/mol. The summed E-state index contributed by atoms with van der Waals surface area (Å²) in [5, 5.41) is 15.6. The highest BCUT2D eigenvalue weighted by atomic mass is 79.9. The number of anilines is 1. The molecular formula is C13H13BrN4O3. The molecule has 7 nitrogen and oxygen atoms in total. The van der Waals surface area contributed by atoms with Gasteiger partial charge in [-0.3, -0.25) is 9.48 Å². The molecular weight excluding hydrogens is 340 g/mol. The number of hydrogen-bond donors (Lipinski definition) is 3. The van der Waals surface area contributed by atoms with Crippen LogP contribution in [0.3, 0.4) is 0 Å². The second-order valence-electron chi connectivity index (χ2n) is 4.42. The summed E-state index contributed by atoms with van der Waals surface area (Å²) in [5.41, 5.74) is 6.62. The van der Waals surface area contributed by atoms with E-state index < -0.39 is 17.9 Å². The molecule has 1 unspecified atom stereocenters. The quantitative estimate of drug-likeness (QED) is 0.718. The molecule has 0 bridgehead atoms. The van der Waals surface area contributed by atoms with Gasteiger partial charge in [0.05, 0.1) is 11.8 Å². The van der Waals surface area contributed by atoms with E-state index in [1.165, 1.54) is 23.1 Å². The lowest BCUT2D eigenvalue weighted by Gasteiger charge is -2.14. The van der Waals surface area contributed by atoms with E-state index in [1.807, 2.05) is 0 Å². The van der Waals surface area contributed by atoms with E-state index in [-0.39, 0.29) is 11.3 Å². The summed E-state index contributed by atoms with van der Waals surface area (Å²) in [6, 6.07) is 3.57. The maximum Gasteiger partial charge on any atom is 0.331 e. The van der Waals surface area contributed by atoms with Gasteiger partial charge in [0, 0.05) is 29.0 Å². The smallest absolute Gasteiger partial charge is 0.331 e. The Morgan fingerprint density at radius 3 is 2.71 bits per heavy atom. The van der Waals surface area contributed by atoms with Crippen molar-refractivity contribution in [3.05, 3.63) is 46.2 Å². The number of rotatable bonds is 4. The first-order valence-corrected chi connectivity index (χ1v) is 6.75. The summed E-state index contributed by atoms with van der Waals surface area (Å²) in [7, 11) is 1.66. The Labute approximate surface area is 128 Å². The third kappa shape index (κ3) is 3.40. The van der Waals surface area contributed by atoms with Crippen LogP contribution in [-0.4, -0.2) is 26.8 Å². The molecule has 0 spiro atoms. The Bertz CT molecular complexity index is 698. The lowest BCUT2D eigenvalue weighted by molar-refractivity contribution is -0.139. The normalized spacial score (nSPS) is 11.9. The monoisotopic (exact) mass is 352 g/mol. The van der Waals surface area contributed by atoms with Gasteiger partial charge in [-0.1, -0.05) is 15.9 Å². The number of carboxylic acids is 1. The summed E-state index contributed by atoms with van der Waals surface area (Å²) < 4.78 is 2.20. The molecule has 0 radical (unpaired) electrons. The predicted molar refractivity (Wildman–Crippen MR) is 79.6 cm³/mol. The minimum absolute atomic E-state index is 0.216. The van der Waals surface area contributed by atoms with E-state index in [4.69, 9.17) is 5.73 Å². The van der Waals surface area contributed by atoms with Crippen LogP contribution < -0.4 is 11.1 Å². The molecule has 1 amide bonds. The summed E-state index contributed by atoms with van der Waals surface area (Å²) in [4.78, 5) is 23.5. The van der Waals surface area contributed by atoms with Crippen molar-refractivity contribution in [1.29, 1.82) is 0 Å². The topological polar surface area (TPSA) is 110 Å². The molecule has 0 saturated carbocycles. The Morgan fingerprint density at radius 2 is 2.19 bits per heavy atom. The molecule has 0 aliphatic rings. The molecule has 1 atom stereocenters. The molecule has 0 aliphatic carbocycles. The fourth-order valence-corrected chi connectivity index (χ4v) is 2.20. The van der Waals surface area contributed by atoms with Crippen molar-refractivity contribution in [2.45, 2.75) is 6.04 Å². The van der Waals surface area contributed by atoms with Crippen LogP contribution in [0.5, 0.6) is 0 Å². The van der Waals surface area contributed by atoms with Gasteiger partial charge < -0.3 is 16.2 Å². The molecule has 110 valence electrons. The standard InChI is InChI=1S/C13H13BrN4O3/c1-18-6-7(5-16-18)11(13(20)21)17-12(19)9-3-2-8(14)4-10(9)15/h2-6,11H,15H2,1H3,(H,17,19)(H,20,21). The largest absolute Gasteiger partial charge is 0.479 e. The molecule has 21 heavy (non-hydrogen) atoms. The van der Waals surface area contributed by atoms with Crippen LogP contribution in [0.25, 0.3) is 0 Å². The van der Waals surface area contributed by atoms with Crippen molar-refractivity contribution in [3.8, 4) is 0 Å². The van der Waals surface area contributed by atoms with Crippen molar-refractivity contribution in [3.63, 3.8) is 0 Å². The van der Waals surface area contributed by atoms with E-state index in [1.54, 1.807) is 19.2 Å². The van der Waals surface area contributed by atoms with E-state index in [0.29, 0.717) is 5.56 Å². The molecule has 0 saturated heterocycles. The number of nitrogen functional groups attached to an aromatic ring is 1.